The SMILES string of the molecule is Cc1ccc(C(C)C)c(OCC(=O)N2CCN(c3nnc(-c4cccs4)s3)CC2)c1. The predicted octanol–water partition coefficient (Wildman–Crippen LogP) is 4.43. The quantitative estimate of drug-likeness (QED) is 0.565. The lowest BCUT2D eigenvalue weighted by Gasteiger charge is -2.34. The number of hydrogen-bond donors (Lipinski definition) is 0. The summed E-state index contributed by atoms with van der Waals surface area (Å²) in [4.78, 5) is 17.9. The molecule has 3 heterocycles. The van der Waals surface area contributed by atoms with Gasteiger partial charge in [0, 0.05) is 26.2 Å². The Morgan fingerprint density at radius 2 is 1.97 bits per heavy atom. The molecule has 1 saturated heterocycles. The first-order valence-electron chi connectivity index (χ1n) is 10.1. The van der Waals surface area contributed by atoms with Crippen LogP contribution < -0.4 is 9.64 Å². The molecule has 0 unspecified atom stereocenters. The summed E-state index contributed by atoms with van der Waals surface area (Å²) >= 11 is 3.28. The number of carbonyl (C=O) groups is 1. The van der Waals surface area contributed by atoms with Crippen LogP contribution in [0.25, 0.3) is 9.88 Å². The number of rotatable bonds is 6. The van der Waals surface area contributed by atoms with Gasteiger partial charge >= 0.3 is 0 Å². The Hall–Kier alpha value is -2.45. The molecule has 30 heavy (non-hydrogen) atoms. The van der Waals surface area contributed by atoms with Gasteiger partial charge in [0.2, 0.25) is 5.13 Å². The van der Waals surface area contributed by atoms with Crippen molar-refractivity contribution in [2.75, 3.05) is 37.7 Å². The monoisotopic (exact) mass is 442 g/mol. The molecule has 1 aliphatic rings. The molecule has 2 aromatic heterocycles. The maximum absolute atomic E-state index is 12.7. The third kappa shape index (κ3) is 4.65. The third-order valence-corrected chi connectivity index (χ3v) is 7.21. The number of hydrogen-bond acceptors (Lipinski definition) is 7. The van der Waals surface area contributed by atoms with Crippen LogP contribution in [0.2, 0.25) is 0 Å². The molecule has 6 nitrogen and oxygen atoms in total. The van der Waals surface area contributed by atoms with Crippen LogP contribution in [0.4, 0.5) is 5.13 Å². The molecule has 0 aliphatic carbocycles. The Balaban J connectivity index is 1.31. The number of aromatic nitrogens is 2. The highest BCUT2D eigenvalue weighted by Gasteiger charge is 2.24. The Bertz CT molecular complexity index is 992. The summed E-state index contributed by atoms with van der Waals surface area (Å²) in [6, 6.07) is 10.3. The predicted molar refractivity (Wildman–Crippen MR) is 123 cm³/mol. The second-order valence-electron chi connectivity index (χ2n) is 7.72. The molecule has 1 aromatic carbocycles. The Morgan fingerprint density at radius 3 is 2.67 bits per heavy atom. The fraction of sp³-hybridized carbons (Fsp3) is 0.409. The summed E-state index contributed by atoms with van der Waals surface area (Å²) < 4.78 is 5.93. The second-order valence-corrected chi connectivity index (χ2v) is 9.62. The van der Waals surface area contributed by atoms with Crippen LogP contribution >= 0.6 is 22.7 Å². The van der Waals surface area contributed by atoms with E-state index in [9.17, 15) is 4.79 Å². The molecule has 0 atom stereocenters. The first-order chi connectivity index (χ1) is 14.5. The van der Waals surface area contributed by atoms with Crippen LogP contribution in [0.3, 0.4) is 0 Å². The number of piperazine rings is 1. The molecule has 1 amide bonds. The van der Waals surface area contributed by atoms with Gasteiger partial charge in [-0.15, -0.1) is 21.5 Å². The summed E-state index contributed by atoms with van der Waals surface area (Å²) in [5.74, 6) is 1.19. The van der Waals surface area contributed by atoms with E-state index in [1.807, 2.05) is 29.3 Å². The molecule has 0 spiro atoms. The molecule has 158 valence electrons. The molecule has 4 rings (SSSR count). The topological polar surface area (TPSA) is 58.6 Å². The van der Waals surface area contributed by atoms with Gasteiger partial charge < -0.3 is 14.5 Å². The van der Waals surface area contributed by atoms with Gasteiger partial charge in [0.15, 0.2) is 11.6 Å². The van der Waals surface area contributed by atoms with Crippen molar-refractivity contribution in [1.82, 2.24) is 15.1 Å². The van der Waals surface area contributed by atoms with Crippen molar-refractivity contribution in [2.45, 2.75) is 26.7 Å². The first-order valence-corrected chi connectivity index (χ1v) is 11.8. The zero-order valence-electron chi connectivity index (χ0n) is 17.5. The van der Waals surface area contributed by atoms with Crippen LogP contribution in [0.15, 0.2) is 35.7 Å². The van der Waals surface area contributed by atoms with E-state index in [-0.39, 0.29) is 12.5 Å². The normalized spacial score (nSPS) is 14.4. The first kappa shape index (κ1) is 20.8. The summed E-state index contributed by atoms with van der Waals surface area (Å²) in [6.07, 6.45) is 0. The third-order valence-electron chi connectivity index (χ3n) is 5.19. The van der Waals surface area contributed by atoms with Gasteiger partial charge in [0.1, 0.15) is 5.75 Å². The summed E-state index contributed by atoms with van der Waals surface area (Å²) in [5.41, 5.74) is 2.27. The minimum absolute atomic E-state index is 0.0300. The number of carbonyl (C=O) groups excluding carboxylic acids is 1. The number of anilines is 1. The highest BCUT2D eigenvalue weighted by Crippen LogP contribution is 2.32. The summed E-state index contributed by atoms with van der Waals surface area (Å²) in [6.45, 7) is 9.23. The van der Waals surface area contributed by atoms with Crippen LogP contribution in [-0.4, -0.2) is 53.8 Å². The van der Waals surface area contributed by atoms with Crippen molar-refractivity contribution in [3.05, 3.63) is 46.8 Å². The van der Waals surface area contributed by atoms with Crippen molar-refractivity contribution in [1.29, 1.82) is 0 Å². The van der Waals surface area contributed by atoms with E-state index in [0.717, 1.165) is 45.0 Å². The van der Waals surface area contributed by atoms with Crippen molar-refractivity contribution in [3.63, 3.8) is 0 Å². The zero-order chi connectivity index (χ0) is 21.1. The molecule has 0 saturated carbocycles. The van der Waals surface area contributed by atoms with E-state index in [2.05, 4.69) is 47.1 Å². The smallest absolute Gasteiger partial charge is 0.260 e. The number of benzene rings is 1. The van der Waals surface area contributed by atoms with Gasteiger partial charge in [0.05, 0.1) is 4.88 Å². The number of thiophene rings is 1. The zero-order valence-corrected chi connectivity index (χ0v) is 19.1. The molecular weight excluding hydrogens is 416 g/mol. The number of nitrogens with zero attached hydrogens (tertiary/aromatic N) is 4. The van der Waals surface area contributed by atoms with Gasteiger partial charge in [-0.05, 0) is 41.5 Å². The van der Waals surface area contributed by atoms with E-state index in [1.54, 1.807) is 22.7 Å². The van der Waals surface area contributed by atoms with Crippen LogP contribution in [0.1, 0.15) is 30.9 Å². The number of ether oxygens (including phenoxy) is 1. The van der Waals surface area contributed by atoms with E-state index >= 15 is 0 Å². The standard InChI is InChI=1S/C22H26N4O2S2/c1-15(2)17-7-6-16(3)13-18(17)28-14-20(27)25-8-10-26(11-9-25)22-24-23-21(30-22)19-5-4-12-29-19/h4-7,12-13,15H,8-11,14H2,1-3H3. The van der Waals surface area contributed by atoms with E-state index in [4.69, 9.17) is 4.74 Å². The van der Waals surface area contributed by atoms with Crippen molar-refractivity contribution < 1.29 is 9.53 Å². The van der Waals surface area contributed by atoms with Gasteiger partial charge in [0.25, 0.3) is 5.91 Å². The maximum Gasteiger partial charge on any atom is 0.260 e. The summed E-state index contributed by atoms with van der Waals surface area (Å²) in [5, 5.41) is 12.6. The molecule has 1 aliphatic heterocycles. The molecule has 1 fully saturated rings. The fourth-order valence-corrected chi connectivity index (χ4v) is 5.15. The van der Waals surface area contributed by atoms with E-state index in [1.165, 1.54) is 0 Å². The molecular formula is C22H26N4O2S2. The lowest BCUT2D eigenvalue weighted by molar-refractivity contribution is -0.133. The molecule has 3 aromatic rings. The lowest BCUT2D eigenvalue weighted by Crippen LogP contribution is -2.50. The molecule has 0 bridgehead atoms. The van der Waals surface area contributed by atoms with Gasteiger partial charge in [-0.1, -0.05) is 43.4 Å². The van der Waals surface area contributed by atoms with Gasteiger partial charge in [-0.3, -0.25) is 4.79 Å². The number of aryl methyl sites for hydroxylation is 1. The van der Waals surface area contributed by atoms with Crippen LogP contribution in [-0.2, 0) is 4.79 Å². The Kier molecular flexibility index (Phi) is 6.34. The minimum atomic E-state index is 0.0300. The van der Waals surface area contributed by atoms with E-state index < -0.39 is 0 Å². The van der Waals surface area contributed by atoms with Crippen LogP contribution in [0, 0.1) is 6.92 Å². The van der Waals surface area contributed by atoms with E-state index in [0.29, 0.717) is 19.0 Å². The van der Waals surface area contributed by atoms with Gasteiger partial charge in [-0.2, -0.15) is 0 Å². The lowest BCUT2D eigenvalue weighted by atomic mass is 10.0. The Morgan fingerprint density at radius 1 is 1.17 bits per heavy atom. The highest BCUT2D eigenvalue weighted by atomic mass is 32.1. The maximum atomic E-state index is 12.7. The highest BCUT2D eigenvalue weighted by molar-refractivity contribution is 7.22. The van der Waals surface area contributed by atoms with Crippen molar-refractivity contribution in [2.24, 2.45) is 0 Å². The molecule has 0 radical (unpaired) electrons. The summed E-state index contributed by atoms with van der Waals surface area (Å²) in [7, 11) is 0. The van der Waals surface area contributed by atoms with Gasteiger partial charge in [-0.25, -0.2) is 0 Å². The largest absolute Gasteiger partial charge is 0.483 e. The Labute approximate surface area is 185 Å². The van der Waals surface area contributed by atoms with Crippen molar-refractivity contribution in [3.8, 4) is 15.6 Å². The molecule has 8 heteroatoms. The number of amides is 1. The second kappa shape index (κ2) is 9.14. The average molecular weight is 443 g/mol. The minimum Gasteiger partial charge on any atom is -0.483 e. The fourth-order valence-electron chi connectivity index (χ4n) is 3.46. The van der Waals surface area contributed by atoms with Crippen molar-refractivity contribution >= 4 is 33.7 Å². The van der Waals surface area contributed by atoms with Crippen LogP contribution in [0.5, 0.6) is 5.75 Å². The molecule has 0 N–H and O–H groups in total. The average Bonchev–Trinajstić information content (AvgIpc) is 3.43.